The number of hydrogen-bond donors (Lipinski definition) is 4. The lowest BCUT2D eigenvalue weighted by Crippen LogP contribution is -2.41. The lowest BCUT2D eigenvalue weighted by atomic mass is 10.4. The molecule has 0 aromatic rings. The number of nitrogens with one attached hydrogen (secondary N) is 3. The van der Waals surface area contributed by atoms with Gasteiger partial charge < -0.3 is 25.4 Å². The second-order valence-corrected chi connectivity index (χ2v) is 7.34. The van der Waals surface area contributed by atoms with E-state index in [1.165, 1.54) is 0 Å². The van der Waals surface area contributed by atoms with Crippen molar-refractivity contribution >= 4 is 36.0 Å². The summed E-state index contributed by atoms with van der Waals surface area (Å²) in [6.45, 7) is 10.8. The van der Waals surface area contributed by atoms with Crippen LogP contribution in [0.4, 0.5) is 0 Å². The molecule has 2 rings (SSSR count). The molecule has 2 fully saturated rings. The van der Waals surface area contributed by atoms with Gasteiger partial charge in [0, 0.05) is 71.0 Å². The number of nitrogens with zero attached hydrogens (tertiary/aromatic N) is 3. The molecule has 0 unspecified atom stereocenters. The van der Waals surface area contributed by atoms with Crippen LogP contribution in [0.2, 0.25) is 0 Å². The first-order chi connectivity index (χ1) is 13.7. The van der Waals surface area contributed by atoms with Gasteiger partial charge in [0.2, 0.25) is 0 Å². The highest BCUT2D eigenvalue weighted by atomic mass is 32.1. The summed E-state index contributed by atoms with van der Waals surface area (Å²) in [6.07, 6.45) is 6.81. The molecule has 158 valence electrons. The monoisotopic (exact) mass is 428 g/mol. The molecule has 0 aliphatic carbocycles. The van der Waals surface area contributed by atoms with Crippen molar-refractivity contribution in [3.8, 4) is 0 Å². The van der Waals surface area contributed by atoms with Gasteiger partial charge in [-0.2, -0.15) is 0 Å². The molecule has 0 aromatic carbocycles. The highest BCUT2D eigenvalue weighted by Gasteiger charge is 2.09. The van der Waals surface area contributed by atoms with E-state index in [4.69, 9.17) is 21.7 Å². The van der Waals surface area contributed by atoms with Crippen LogP contribution in [0.5, 0.6) is 0 Å². The van der Waals surface area contributed by atoms with Gasteiger partial charge in [-0.15, -0.1) is 12.6 Å². The largest absolute Gasteiger partial charge is 0.379 e. The van der Waals surface area contributed by atoms with Crippen molar-refractivity contribution in [1.29, 1.82) is 0 Å². The molecule has 2 saturated heterocycles. The summed E-state index contributed by atoms with van der Waals surface area (Å²) < 4.78 is 10.7. The first-order valence-corrected chi connectivity index (χ1v) is 10.5. The van der Waals surface area contributed by atoms with E-state index >= 15 is 0 Å². The molecule has 0 atom stereocenters. The third kappa shape index (κ3) is 11.0. The molecular weight excluding hydrogens is 396 g/mol. The Labute approximate surface area is 178 Å². The average Bonchev–Trinajstić information content (AvgIpc) is 2.72. The Bertz CT molecular complexity index is 532. The van der Waals surface area contributed by atoms with Crippen LogP contribution < -0.4 is 16.0 Å². The van der Waals surface area contributed by atoms with Gasteiger partial charge in [-0.3, -0.25) is 14.8 Å². The fraction of sp³-hybridized carbons (Fsp3) is 0.667. The van der Waals surface area contributed by atoms with Crippen LogP contribution in [0.15, 0.2) is 28.6 Å². The van der Waals surface area contributed by atoms with Crippen LogP contribution in [0.25, 0.3) is 0 Å². The maximum Gasteiger partial charge on any atom is 0.117 e. The van der Waals surface area contributed by atoms with Crippen LogP contribution in [0, 0.1) is 0 Å². The van der Waals surface area contributed by atoms with E-state index in [2.05, 4.69) is 43.4 Å². The predicted octanol–water partition coefficient (Wildman–Crippen LogP) is 0.0177. The number of morpholine rings is 2. The predicted molar refractivity (Wildman–Crippen MR) is 121 cm³/mol. The highest BCUT2D eigenvalue weighted by molar-refractivity contribution is 7.84. The maximum absolute atomic E-state index is 5.34. The zero-order valence-electron chi connectivity index (χ0n) is 16.3. The minimum atomic E-state index is 0.633. The van der Waals surface area contributed by atoms with E-state index in [1.807, 2.05) is 0 Å². The van der Waals surface area contributed by atoms with Crippen LogP contribution in [-0.4, -0.2) is 99.8 Å². The SMILES string of the molecule is S=C(C=NC=CN/C=C(\S)NCCN1CCOCC1)NCCN1CCOCC1. The van der Waals surface area contributed by atoms with Gasteiger partial charge >= 0.3 is 0 Å². The standard InChI is InChI=1S/C18H32N6O2S2/c27-17(21-3-5-23-7-11-25-12-8-23)15-19-1-2-20-16-18(28)22-4-6-24-9-13-26-14-10-24/h1-2,15-16,19,21,27H,3-14H2,(H,22,28)/b2-1?,17-15-,20-16?. The van der Waals surface area contributed by atoms with Crippen LogP contribution in [0.3, 0.4) is 0 Å². The van der Waals surface area contributed by atoms with Gasteiger partial charge in [0.1, 0.15) is 4.99 Å². The van der Waals surface area contributed by atoms with Gasteiger partial charge in [-0.05, 0) is 0 Å². The van der Waals surface area contributed by atoms with Crippen molar-refractivity contribution in [3.63, 3.8) is 0 Å². The van der Waals surface area contributed by atoms with Gasteiger partial charge in [0.15, 0.2) is 0 Å². The van der Waals surface area contributed by atoms with E-state index in [0.717, 1.165) is 83.8 Å². The van der Waals surface area contributed by atoms with E-state index < -0.39 is 0 Å². The average molecular weight is 429 g/mol. The second-order valence-electron chi connectivity index (χ2n) is 6.42. The molecule has 3 N–H and O–H groups in total. The first-order valence-electron chi connectivity index (χ1n) is 9.69. The molecule has 0 spiro atoms. The number of ether oxygens (including phenoxy) is 2. The summed E-state index contributed by atoms with van der Waals surface area (Å²) in [5.41, 5.74) is 0. The van der Waals surface area contributed by atoms with Crippen molar-refractivity contribution in [3.05, 3.63) is 23.6 Å². The Morgan fingerprint density at radius 3 is 2.14 bits per heavy atom. The van der Waals surface area contributed by atoms with Gasteiger partial charge in [0.05, 0.1) is 37.7 Å². The quantitative estimate of drug-likeness (QED) is 0.209. The van der Waals surface area contributed by atoms with Gasteiger partial charge in [0.25, 0.3) is 0 Å². The number of hydrogen-bond acceptors (Lipinski definition) is 9. The summed E-state index contributed by atoms with van der Waals surface area (Å²) in [6, 6.07) is 0. The van der Waals surface area contributed by atoms with Gasteiger partial charge in [-0.1, -0.05) is 12.2 Å². The van der Waals surface area contributed by atoms with Crippen molar-refractivity contribution in [2.75, 3.05) is 78.8 Å². The van der Waals surface area contributed by atoms with E-state index in [9.17, 15) is 0 Å². The van der Waals surface area contributed by atoms with Crippen molar-refractivity contribution in [2.45, 2.75) is 0 Å². The third-order valence-corrected chi connectivity index (χ3v) is 4.87. The van der Waals surface area contributed by atoms with Crippen LogP contribution >= 0.6 is 24.8 Å². The zero-order valence-corrected chi connectivity index (χ0v) is 18.0. The summed E-state index contributed by atoms with van der Waals surface area (Å²) >= 11 is 9.64. The minimum Gasteiger partial charge on any atom is -0.379 e. The highest BCUT2D eigenvalue weighted by Crippen LogP contribution is 1.97. The van der Waals surface area contributed by atoms with Crippen LogP contribution in [-0.2, 0) is 9.47 Å². The lowest BCUT2D eigenvalue weighted by molar-refractivity contribution is 0.0387. The summed E-state index contributed by atoms with van der Waals surface area (Å²) in [5, 5.41) is 10.2. The minimum absolute atomic E-state index is 0.633. The van der Waals surface area contributed by atoms with E-state index in [1.54, 1.807) is 24.8 Å². The molecule has 0 amide bonds. The lowest BCUT2D eigenvalue weighted by Gasteiger charge is -2.26. The summed E-state index contributed by atoms with van der Waals surface area (Å²) in [4.78, 5) is 9.52. The van der Waals surface area contributed by atoms with Crippen molar-refractivity contribution in [1.82, 2.24) is 25.8 Å². The Kier molecular flexibility index (Phi) is 12.2. The Morgan fingerprint density at radius 2 is 1.54 bits per heavy atom. The normalized spacial score (nSPS) is 20.0. The molecule has 0 bridgehead atoms. The Hall–Kier alpha value is -1.17. The van der Waals surface area contributed by atoms with Crippen molar-refractivity contribution in [2.24, 2.45) is 4.99 Å². The molecule has 8 nitrogen and oxygen atoms in total. The first kappa shape index (κ1) is 23.1. The zero-order chi connectivity index (χ0) is 19.9. The number of thiocarbonyl (C=S) groups is 1. The van der Waals surface area contributed by atoms with Crippen LogP contribution in [0.1, 0.15) is 0 Å². The van der Waals surface area contributed by atoms with Crippen molar-refractivity contribution < 1.29 is 9.47 Å². The molecule has 0 aromatic heterocycles. The van der Waals surface area contributed by atoms with E-state index in [0.29, 0.717) is 4.99 Å². The fourth-order valence-electron chi connectivity index (χ4n) is 2.75. The number of thiol groups is 1. The summed E-state index contributed by atoms with van der Waals surface area (Å²) in [7, 11) is 0. The molecule has 2 aliphatic heterocycles. The number of rotatable bonds is 11. The fourth-order valence-corrected chi connectivity index (χ4v) is 3.10. The maximum atomic E-state index is 5.34. The molecule has 0 radical (unpaired) electrons. The topological polar surface area (TPSA) is 73.4 Å². The summed E-state index contributed by atoms with van der Waals surface area (Å²) in [5.74, 6) is 0. The molecule has 28 heavy (non-hydrogen) atoms. The smallest absolute Gasteiger partial charge is 0.117 e. The molecule has 2 heterocycles. The molecule has 2 aliphatic rings. The second kappa shape index (κ2) is 14.8. The van der Waals surface area contributed by atoms with E-state index in [-0.39, 0.29) is 0 Å². The van der Waals surface area contributed by atoms with Gasteiger partial charge in [-0.25, -0.2) is 0 Å². The molecule has 0 saturated carbocycles. The molecule has 10 heteroatoms. The Morgan fingerprint density at radius 1 is 0.964 bits per heavy atom. The Balaban J connectivity index is 1.48. The third-order valence-electron chi connectivity index (χ3n) is 4.34. The number of aliphatic imine (C=N–C) groups is 1. The molecular formula is C18H32N6O2S2.